The molecule has 0 spiro atoms. The van der Waals surface area contributed by atoms with Gasteiger partial charge in [-0.2, -0.15) is 0 Å². The van der Waals surface area contributed by atoms with Gasteiger partial charge in [0.15, 0.2) is 6.10 Å². The highest BCUT2D eigenvalue weighted by atomic mass is 19.1. The second-order valence-electron chi connectivity index (χ2n) is 7.21. The fourth-order valence-corrected chi connectivity index (χ4v) is 3.77. The molecule has 1 N–H and O–H groups in total. The van der Waals surface area contributed by atoms with Crippen molar-refractivity contribution in [1.29, 1.82) is 0 Å². The van der Waals surface area contributed by atoms with Gasteiger partial charge in [0.05, 0.1) is 18.3 Å². The summed E-state index contributed by atoms with van der Waals surface area (Å²) in [6.45, 7) is 1.36. The smallest absolute Gasteiger partial charge is 0.308 e. The molecule has 8 heteroatoms. The summed E-state index contributed by atoms with van der Waals surface area (Å²) in [5, 5.41) is 2.46. The Morgan fingerprint density at radius 3 is 2.46 bits per heavy atom. The van der Waals surface area contributed by atoms with Crippen molar-refractivity contribution in [3.05, 3.63) is 30.1 Å². The zero-order valence-corrected chi connectivity index (χ0v) is 15.7. The first kappa shape index (κ1) is 20.0. The van der Waals surface area contributed by atoms with Crippen LogP contribution >= 0.6 is 0 Å². The number of fused-ring (bicyclic) bond motifs is 1. The Hall–Kier alpha value is -2.77. The average Bonchev–Trinajstić information content (AvgIpc) is 2.91. The Labute approximate surface area is 162 Å². The third-order valence-electron chi connectivity index (χ3n) is 5.24. The van der Waals surface area contributed by atoms with Gasteiger partial charge < -0.3 is 10.1 Å². The Morgan fingerprint density at radius 1 is 1.21 bits per heavy atom. The van der Waals surface area contributed by atoms with E-state index in [0.717, 1.165) is 23.8 Å². The molecule has 150 valence electrons. The highest BCUT2D eigenvalue weighted by Gasteiger charge is 2.47. The number of halogens is 1. The summed E-state index contributed by atoms with van der Waals surface area (Å²) in [5.74, 6) is -2.71. The molecule has 2 aliphatic rings. The van der Waals surface area contributed by atoms with Crippen molar-refractivity contribution < 1.29 is 28.3 Å². The zero-order valence-electron chi connectivity index (χ0n) is 15.7. The summed E-state index contributed by atoms with van der Waals surface area (Å²) in [6.07, 6.45) is 2.04. The number of anilines is 1. The Balaban J connectivity index is 1.48. The number of nitrogens with zero attached hydrogens (tertiary/aromatic N) is 1. The molecule has 7 nitrogen and oxygen atoms in total. The normalized spacial score (nSPS) is 22.6. The SMILES string of the molecule is C[C@H](OC(=O)CCN1C(=O)[C@H]2CCCC[C@H]2C1=O)C(=O)Nc1cccc(F)c1. The van der Waals surface area contributed by atoms with E-state index in [4.69, 9.17) is 4.74 Å². The van der Waals surface area contributed by atoms with Gasteiger partial charge in [0.2, 0.25) is 11.8 Å². The van der Waals surface area contributed by atoms with Gasteiger partial charge in [-0.15, -0.1) is 0 Å². The van der Waals surface area contributed by atoms with Crippen LogP contribution in [0.15, 0.2) is 24.3 Å². The van der Waals surface area contributed by atoms with E-state index in [9.17, 15) is 23.6 Å². The van der Waals surface area contributed by atoms with Gasteiger partial charge in [0.1, 0.15) is 5.82 Å². The number of ether oxygens (including phenoxy) is 1. The van der Waals surface area contributed by atoms with Crippen molar-refractivity contribution in [2.24, 2.45) is 11.8 Å². The highest BCUT2D eigenvalue weighted by molar-refractivity contribution is 6.05. The van der Waals surface area contributed by atoms with Crippen LogP contribution in [0.5, 0.6) is 0 Å². The van der Waals surface area contributed by atoms with Gasteiger partial charge in [-0.05, 0) is 38.0 Å². The summed E-state index contributed by atoms with van der Waals surface area (Å²) in [4.78, 5) is 50.0. The van der Waals surface area contributed by atoms with Gasteiger partial charge in [-0.3, -0.25) is 24.1 Å². The number of hydrogen-bond donors (Lipinski definition) is 1. The first-order chi connectivity index (χ1) is 13.4. The lowest BCUT2D eigenvalue weighted by Crippen LogP contribution is -2.35. The van der Waals surface area contributed by atoms with E-state index in [2.05, 4.69) is 5.32 Å². The second kappa shape index (κ2) is 8.50. The van der Waals surface area contributed by atoms with Crippen LogP contribution in [0.2, 0.25) is 0 Å². The van der Waals surface area contributed by atoms with Crippen LogP contribution in [0.25, 0.3) is 0 Å². The Morgan fingerprint density at radius 2 is 1.86 bits per heavy atom. The topological polar surface area (TPSA) is 92.8 Å². The molecule has 1 aliphatic heterocycles. The summed E-state index contributed by atoms with van der Waals surface area (Å²) in [7, 11) is 0. The second-order valence-corrected chi connectivity index (χ2v) is 7.21. The van der Waals surface area contributed by atoms with Crippen LogP contribution in [0.3, 0.4) is 0 Å². The Kier molecular flexibility index (Phi) is 6.06. The van der Waals surface area contributed by atoms with Gasteiger partial charge in [-0.25, -0.2) is 4.39 Å². The fraction of sp³-hybridized carbons (Fsp3) is 0.500. The van der Waals surface area contributed by atoms with E-state index >= 15 is 0 Å². The standard InChI is InChI=1S/C20H23FN2O5/c1-12(18(25)22-14-6-4-5-13(21)11-14)28-17(24)9-10-23-19(26)15-7-2-3-8-16(15)20(23)27/h4-6,11-12,15-16H,2-3,7-10H2,1H3,(H,22,25)/t12-,15-,16+/m0/s1. The zero-order chi connectivity index (χ0) is 20.3. The van der Waals surface area contributed by atoms with E-state index in [0.29, 0.717) is 12.8 Å². The van der Waals surface area contributed by atoms with Gasteiger partial charge in [-0.1, -0.05) is 18.9 Å². The minimum atomic E-state index is -1.09. The summed E-state index contributed by atoms with van der Waals surface area (Å²) >= 11 is 0. The van der Waals surface area contributed by atoms with Crippen molar-refractivity contribution in [2.75, 3.05) is 11.9 Å². The number of rotatable bonds is 6. The molecule has 1 aromatic rings. The molecule has 1 heterocycles. The first-order valence-electron chi connectivity index (χ1n) is 9.48. The number of nitrogens with one attached hydrogen (secondary N) is 1. The van der Waals surface area contributed by atoms with E-state index < -0.39 is 23.8 Å². The molecule has 3 amide bonds. The molecule has 1 saturated carbocycles. The van der Waals surface area contributed by atoms with Gasteiger partial charge in [0.25, 0.3) is 5.91 Å². The van der Waals surface area contributed by atoms with E-state index in [1.807, 2.05) is 0 Å². The average molecular weight is 390 g/mol. The molecule has 0 aromatic heterocycles. The van der Waals surface area contributed by atoms with Crippen LogP contribution in [-0.4, -0.2) is 41.2 Å². The molecule has 28 heavy (non-hydrogen) atoms. The number of likely N-dealkylation sites (tertiary alicyclic amines) is 1. The third-order valence-corrected chi connectivity index (χ3v) is 5.24. The monoisotopic (exact) mass is 390 g/mol. The first-order valence-corrected chi connectivity index (χ1v) is 9.48. The lowest BCUT2D eigenvalue weighted by atomic mass is 9.81. The molecule has 1 saturated heterocycles. The minimum absolute atomic E-state index is 0.0399. The predicted molar refractivity (Wildman–Crippen MR) is 97.4 cm³/mol. The molecule has 3 rings (SSSR count). The fourth-order valence-electron chi connectivity index (χ4n) is 3.77. The van der Waals surface area contributed by atoms with Crippen LogP contribution in [0.1, 0.15) is 39.0 Å². The molecule has 0 radical (unpaired) electrons. The maximum absolute atomic E-state index is 13.2. The van der Waals surface area contributed by atoms with Crippen molar-refractivity contribution in [3.63, 3.8) is 0 Å². The van der Waals surface area contributed by atoms with Crippen molar-refractivity contribution in [3.8, 4) is 0 Å². The van der Waals surface area contributed by atoms with E-state index in [1.165, 1.54) is 25.1 Å². The maximum atomic E-state index is 13.2. The molecule has 0 unspecified atom stereocenters. The van der Waals surface area contributed by atoms with Crippen molar-refractivity contribution in [1.82, 2.24) is 4.90 Å². The number of amides is 3. The van der Waals surface area contributed by atoms with E-state index in [-0.39, 0.29) is 42.3 Å². The number of carbonyl (C=O) groups is 4. The summed E-state index contributed by atoms with van der Waals surface area (Å²) in [6, 6.07) is 5.36. The number of imide groups is 1. The maximum Gasteiger partial charge on any atom is 0.308 e. The molecule has 1 aromatic carbocycles. The largest absolute Gasteiger partial charge is 0.452 e. The highest BCUT2D eigenvalue weighted by Crippen LogP contribution is 2.37. The summed E-state index contributed by atoms with van der Waals surface area (Å²) < 4.78 is 18.2. The van der Waals surface area contributed by atoms with Crippen molar-refractivity contribution in [2.45, 2.75) is 45.1 Å². The molecule has 0 bridgehead atoms. The van der Waals surface area contributed by atoms with Gasteiger partial charge >= 0.3 is 5.97 Å². The number of esters is 1. The van der Waals surface area contributed by atoms with Gasteiger partial charge in [0, 0.05) is 12.2 Å². The molecule has 3 atom stereocenters. The van der Waals surface area contributed by atoms with Crippen LogP contribution in [0.4, 0.5) is 10.1 Å². The molecular weight excluding hydrogens is 367 g/mol. The lowest BCUT2D eigenvalue weighted by Gasteiger charge is -2.19. The van der Waals surface area contributed by atoms with Crippen molar-refractivity contribution >= 4 is 29.4 Å². The predicted octanol–water partition coefficient (Wildman–Crippen LogP) is 2.26. The molecular formula is C20H23FN2O5. The number of hydrogen-bond acceptors (Lipinski definition) is 5. The number of benzene rings is 1. The lowest BCUT2D eigenvalue weighted by molar-refractivity contribution is -0.154. The third kappa shape index (κ3) is 4.37. The van der Waals surface area contributed by atoms with Crippen LogP contribution in [-0.2, 0) is 23.9 Å². The van der Waals surface area contributed by atoms with E-state index in [1.54, 1.807) is 0 Å². The van der Waals surface area contributed by atoms with Crippen LogP contribution < -0.4 is 5.32 Å². The molecule has 1 aliphatic carbocycles. The minimum Gasteiger partial charge on any atom is -0.452 e. The summed E-state index contributed by atoms with van der Waals surface area (Å²) in [5.41, 5.74) is 0.253. The molecule has 2 fully saturated rings. The Bertz CT molecular complexity index is 773. The number of carbonyl (C=O) groups excluding carboxylic acids is 4. The van der Waals surface area contributed by atoms with Crippen LogP contribution in [0, 0.1) is 17.7 Å². The quantitative estimate of drug-likeness (QED) is 0.594.